The van der Waals surface area contributed by atoms with Gasteiger partial charge in [0.15, 0.2) is 0 Å². The van der Waals surface area contributed by atoms with Gasteiger partial charge in [0.1, 0.15) is 11.4 Å². The van der Waals surface area contributed by atoms with Crippen molar-refractivity contribution in [1.82, 2.24) is 9.78 Å². The Bertz CT molecular complexity index is 652. The molecule has 106 valence electrons. The molecular weight excluding hydrogens is 373 g/mol. The van der Waals surface area contributed by atoms with Crippen molar-refractivity contribution >= 4 is 28.3 Å². The van der Waals surface area contributed by atoms with E-state index < -0.39 is 4.92 Å². The number of nitro groups is 1. The van der Waals surface area contributed by atoms with Gasteiger partial charge in [-0.25, -0.2) is 4.68 Å². The summed E-state index contributed by atoms with van der Waals surface area (Å²) >= 11 is 2.16. The van der Waals surface area contributed by atoms with Gasteiger partial charge in [-0.15, -0.1) is 0 Å². The number of benzene rings is 1. The van der Waals surface area contributed by atoms with Gasteiger partial charge in [0.2, 0.25) is 0 Å². The lowest BCUT2D eigenvalue weighted by molar-refractivity contribution is -0.386. The third-order valence-electron chi connectivity index (χ3n) is 2.74. The highest BCUT2D eigenvalue weighted by atomic mass is 127. The summed E-state index contributed by atoms with van der Waals surface area (Å²) in [5.74, 6) is 0.661. The molecule has 0 fully saturated rings. The van der Waals surface area contributed by atoms with Crippen LogP contribution in [0.4, 0.5) is 5.69 Å². The van der Waals surface area contributed by atoms with Crippen LogP contribution in [-0.2, 0) is 7.05 Å². The number of hydrogen-bond donors (Lipinski definition) is 0. The van der Waals surface area contributed by atoms with Crippen LogP contribution in [0.1, 0.15) is 25.5 Å². The molecule has 0 N–H and O–H groups in total. The molecule has 0 atom stereocenters. The van der Waals surface area contributed by atoms with Crippen LogP contribution in [0.15, 0.2) is 24.3 Å². The van der Waals surface area contributed by atoms with Crippen molar-refractivity contribution in [3.8, 4) is 11.6 Å². The topological polar surface area (TPSA) is 70.2 Å². The number of aryl methyl sites for hydroxylation is 1. The van der Waals surface area contributed by atoms with E-state index >= 15 is 0 Å². The van der Waals surface area contributed by atoms with E-state index in [1.165, 1.54) is 4.68 Å². The minimum absolute atomic E-state index is 0.0464. The number of aromatic nitrogens is 2. The number of rotatable bonds is 4. The average molecular weight is 387 g/mol. The summed E-state index contributed by atoms with van der Waals surface area (Å²) in [6.07, 6.45) is 0. The predicted octanol–water partition coefficient (Wildman–Crippen LogP) is 3.85. The minimum atomic E-state index is -0.439. The zero-order valence-electron chi connectivity index (χ0n) is 11.3. The van der Waals surface area contributed by atoms with E-state index in [1.807, 2.05) is 32.0 Å². The van der Waals surface area contributed by atoms with Crippen molar-refractivity contribution in [1.29, 1.82) is 0 Å². The smallest absolute Gasteiger partial charge is 0.354 e. The van der Waals surface area contributed by atoms with Gasteiger partial charge in [0.25, 0.3) is 5.88 Å². The van der Waals surface area contributed by atoms with Crippen LogP contribution in [-0.4, -0.2) is 14.7 Å². The maximum atomic E-state index is 11.3. The summed E-state index contributed by atoms with van der Waals surface area (Å²) in [6, 6.07) is 7.33. The Morgan fingerprint density at radius 1 is 1.45 bits per heavy atom. The summed E-state index contributed by atoms with van der Waals surface area (Å²) in [6.45, 7) is 3.73. The van der Waals surface area contributed by atoms with Gasteiger partial charge >= 0.3 is 5.69 Å². The Morgan fingerprint density at radius 3 is 2.70 bits per heavy atom. The van der Waals surface area contributed by atoms with E-state index in [9.17, 15) is 10.1 Å². The third kappa shape index (κ3) is 2.92. The third-order valence-corrected chi connectivity index (χ3v) is 3.41. The van der Waals surface area contributed by atoms with E-state index in [-0.39, 0.29) is 17.5 Å². The normalized spacial score (nSPS) is 10.8. The molecule has 20 heavy (non-hydrogen) atoms. The summed E-state index contributed by atoms with van der Waals surface area (Å²) in [7, 11) is 1.64. The summed E-state index contributed by atoms with van der Waals surface area (Å²) in [4.78, 5) is 10.8. The van der Waals surface area contributed by atoms with Crippen LogP contribution < -0.4 is 4.74 Å². The molecule has 1 heterocycles. The maximum Gasteiger partial charge on any atom is 0.354 e. The second kappa shape index (κ2) is 5.78. The van der Waals surface area contributed by atoms with Crippen LogP contribution in [0, 0.1) is 13.7 Å². The van der Waals surface area contributed by atoms with Gasteiger partial charge in [0, 0.05) is 16.5 Å². The number of ether oxygens (including phenoxy) is 1. The summed E-state index contributed by atoms with van der Waals surface area (Å²) in [5.41, 5.74) is 0.361. The average Bonchev–Trinajstić information content (AvgIpc) is 2.67. The Labute approximate surface area is 130 Å². The molecule has 0 aliphatic rings. The fraction of sp³-hybridized carbons (Fsp3) is 0.308. The first-order valence-electron chi connectivity index (χ1n) is 6.05. The van der Waals surface area contributed by atoms with Crippen molar-refractivity contribution in [2.45, 2.75) is 19.8 Å². The van der Waals surface area contributed by atoms with Crippen molar-refractivity contribution in [2.24, 2.45) is 7.05 Å². The Morgan fingerprint density at radius 2 is 2.15 bits per heavy atom. The van der Waals surface area contributed by atoms with E-state index in [0.717, 1.165) is 3.57 Å². The fourth-order valence-corrected chi connectivity index (χ4v) is 2.35. The van der Waals surface area contributed by atoms with Gasteiger partial charge < -0.3 is 4.74 Å². The van der Waals surface area contributed by atoms with Gasteiger partial charge in [-0.3, -0.25) is 10.1 Å². The molecule has 6 nitrogen and oxygen atoms in total. The van der Waals surface area contributed by atoms with Gasteiger partial charge in [-0.05, 0) is 40.8 Å². The largest absolute Gasteiger partial charge is 0.434 e. The van der Waals surface area contributed by atoms with E-state index in [4.69, 9.17) is 4.74 Å². The summed E-state index contributed by atoms with van der Waals surface area (Å²) < 4.78 is 8.07. The van der Waals surface area contributed by atoms with Crippen LogP contribution in [0.3, 0.4) is 0 Å². The molecule has 0 bridgehead atoms. The molecule has 2 rings (SSSR count). The van der Waals surface area contributed by atoms with Crippen molar-refractivity contribution in [3.05, 3.63) is 43.6 Å². The Hall–Kier alpha value is -1.64. The molecule has 0 aliphatic heterocycles. The second-order valence-corrected chi connectivity index (χ2v) is 5.88. The molecule has 0 spiro atoms. The van der Waals surface area contributed by atoms with Gasteiger partial charge in [-0.2, -0.15) is 5.10 Å². The zero-order valence-corrected chi connectivity index (χ0v) is 13.5. The van der Waals surface area contributed by atoms with Crippen molar-refractivity contribution in [3.63, 3.8) is 0 Å². The molecular formula is C13H14IN3O3. The van der Waals surface area contributed by atoms with Gasteiger partial charge in [0.05, 0.1) is 4.92 Å². The maximum absolute atomic E-state index is 11.3. The van der Waals surface area contributed by atoms with E-state index in [2.05, 4.69) is 27.7 Å². The number of nitrogens with zero attached hydrogens (tertiary/aromatic N) is 3. The van der Waals surface area contributed by atoms with Gasteiger partial charge in [-0.1, -0.05) is 19.9 Å². The van der Waals surface area contributed by atoms with Crippen LogP contribution in [0.5, 0.6) is 11.6 Å². The van der Waals surface area contributed by atoms with Crippen molar-refractivity contribution < 1.29 is 9.66 Å². The molecule has 0 radical (unpaired) electrons. The second-order valence-electron chi connectivity index (χ2n) is 4.63. The SMILES string of the molecule is CC(C)c1nn(C)c(Oc2cccc(I)c2)c1[N+](=O)[O-]. The molecule has 1 aromatic carbocycles. The molecule has 0 aliphatic carbocycles. The lowest BCUT2D eigenvalue weighted by Crippen LogP contribution is -1.97. The minimum Gasteiger partial charge on any atom is -0.434 e. The molecule has 0 saturated carbocycles. The van der Waals surface area contributed by atoms with Crippen LogP contribution >= 0.6 is 22.6 Å². The molecule has 1 aromatic heterocycles. The first-order valence-corrected chi connectivity index (χ1v) is 7.12. The molecule has 0 amide bonds. The molecule has 2 aromatic rings. The van der Waals surface area contributed by atoms with Crippen molar-refractivity contribution in [2.75, 3.05) is 0 Å². The Balaban J connectivity index is 2.48. The Kier molecular flexibility index (Phi) is 4.26. The highest BCUT2D eigenvalue weighted by molar-refractivity contribution is 14.1. The lowest BCUT2D eigenvalue weighted by atomic mass is 10.1. The number of hydrogen-bond acceptors (Lipinski definition) is 4. The van der Waals surface area contributed by atoms with E-state index in [0.29, 0.717) is 11.4 Å². The molecule has 0 saturated heterocycles. The van der Waals surface area contributed by atoms with Crippen LogP contribution in [0.2, 0.25) is 0 Å². The predicted molar refractivity (Wildman–Crippen MR) is 83.2 cm³/mol. The standard InChI is InChI=1S/C13H14IN3O3/c1-8(2)11-12(17(18)19)13(16(3)15-11)20-10-6-4-5-9(14)7-10/h4-8H,1-3H3. The highest BCUT2D eigenvalue weighted by Gasteiger charge is 2.30. The molecule has 0 unspecified atom stereocenters. The monoisotopic (exact) mass is 387 g/mol. The first-order chi connectivity index (χ1) is 9.40. The quantitative estimate of drug-likeness (QED) is 0.454. The number of halogens is 1. The highest BCUT2D eigenvalue weighted by Crippen LogP contribution is 2.37. The summed E-state index contributed by atoms with van der Waals surface area (Å²) in [5, 5.41) is 15.5. The molecule has 7 heteroatoms. The lowest BCUT2D eigenvalue weighted by Gasteiger charge is -2.05. The van der Waals surface area contributed by atoms with E-state index in [1.54, 1.807) is 13.1 Å². The van der Waals surface area contributed by atoms with Crippen LogP contribution in [0.25, 0.3) is 0 Å². The first kappa shape index (κ1) is 14.8. The fourth-order valence-electron chi connectivity index (χ4n) is 1.83. The zero-order chi connectivity index (χ0) is 14.9.